The number of aryl methyl sites for hydroxylation is 1. The summed E-state index contributed by atoms with van der Waals surface area (Å²) in [5.41, 5.74) is 9.54. The molecular formula is C34H42F3N9OS. The Bertz CT molecular complexity index is 1810. The number of carbonyl (C=O) groups is 1. The number of alkyl halides is 3. The Balaban J connectivity index is 1.07. The van der Waals surface area contributed by atoms with Gasteiger partial charge in [0.2, 0.25) is 11.9 Å². The maximum Gasteiger partial charge on any atom is 0.393 e. The lowest BCUT2D eigenvalue weighted by atomic mass is 9.93. The molecule has 2 saturated heterocycles. The van der Waals surface area contributed by atoms with E-state index in [-0.39, 0.29) is 16.8 Å². The molecule has 2 aliphatic rings. The van der Waals surface area contributed by atoms with E-state index in [2.05, 4.69) is 60.1 Å². The minimum absolute atomic E-state index is 0.139. The van der Waals surface area contributed by atoms with Gasteiger partial charge < -0.3 is 25.8 Å². The number of benzene rings is 1. The van der Waals surface area contributed by atoms with Gasteiger partial charge in [-0.1, -0.05) is 6.07 Å². The van der Waals surface area contributed by atoms with Gasteiger partial charge in [-0.15, -0.1) is 11.3 Å². The molecule has 4 N–H and O–H groups in total. The van der Waals surface area contributed by atoms with Crippen molar-refractivity contribution in [3.8, 4) is 6.07 Å². The van der Waals surface area contributed by atoms with Gasteiger partial charge in [-0.3, -0.25) is 9.69 Å². The van der Waals surface area contributed by atoms with Crippen LogP contribution in [0.4, 0.5) is 24.9 Å². The first kappa shape index (κ1) is 34.0. The Morgan fingerprint density at radius 2 is 1.79 bits per heavy atom. The third kappa shape index (κ3) is 7.85. The first-order chi connectivity index (χ1) is 23.0. The summed E-state index contributed by atoms with van der Waals surface area (Å²) in [4.78, 5) is 25.8. The normalized spacial score (nSPS) is 17.2. The van der Waals surface area contributed by atoms with Crippen LogP contribution >= 0.6 is 11.3 Å². The second-order valence-electron chi connectivity index (χ2n) is 13.1. The molecular weight excluding hydrogens is 639 g/mol. The van der Waals surface area contributed by atoms with Crippen LogP contribution in [0.1, 0.15) is 53.8 Å². The number of nitriles is 1. The molecule has 1 aromatic carbocycles. The van der Waals surface area contributed by atoms with Crippen LogP contribution in [0.2, 0.25) is 0 Å². The second-order valence-corrected chi connectivity index (χ2v) is 14.2. The van der Waals surface area contributed by atoms with Gasteiger partial charge in [0, 0.05) is 68.0 Å². The van der Waals surface area contributed by atoms with Crippen molar-refractivity contribution in [2.45, 2.75) is 70.8 Å². The van der Waals surface area contributed by atoms with E-state index in [4.69, 9.17) is 5.73 Å². The molecule has 0 spiro atoms. The summed E-state index contributed by atoms with van der Waals surface area (Å²) in [6, 6.07) is 10.4. The van der Waals surface area contributed by atoms with Crippen LogP contribution < -0.4 is 16.4 Å². The topological polar surface area (TPSA) is 128 Å². The predicted molar refractivity (Wildman–Crippen MR) is 183 cm³/mol. The maximum absolute atomic E-state index is 13.1. The number of aromatic nitrogens is 3. The Hall–Kier alpha value is -3.93. The highest BCUT2D eigenvalue weighted by molar-refractivity contribution is 7.18. The van der Waals surface area contributed by atoms with Crippen molar-refractivity contribution in [3.05, 3.63) is 46.0 Å². The van der Waals surface area contributed by atoms with Gasteiger partial charge in [0.25, 0.3) is 0 Å². The summed E-state index contributed by atoms with van der Waals surface area (Å²) in [6.45, 7) is 8.12. The lowest BCUT2D eigenvalue weighted by Crippen LogP contribution is -2.39. The predicted octanol–water partition coefficient (Wildman–Crippen LogP) is 5.64. The third-order valence-electron chi connectivity index (χ3n) is 9.78. The van der Waals surface area contributed by atoms with Crippen LogP contribution in [-0.2, 0) is 24.3 Å². The van der Waals surface area contributed by atoms with E-state index in [9.17, 15) is 23.2 Å². The number of hydrogen-bond acceptors (Lipinski definition) is 9. The monoisotopic (exact) mass is 681 g/mol. The summed E-state index contributed by atoms with van der Waals surface area (Å²) < 4.78 is 41.3. The number of hydrogen-bond donors (Lipinski definition) is 3. The zero-order chi connectivity index (χ0) is 34.0. The van der Waals surface area contributed by atoms with Crippen molar-refractivity contribution in [3.63, 3.8) is 0 Å². The van der Waals surface area contributed by atoms with E-state index in [1.54, 1.807) is 13.1 Å². The molecule has 3 aromatic heterocycles. The molecule has 4 aromatic rings. The van der Waals surface area contributed by atoms with Crippen molar-refractivity contribution >= 4 is 50.1 Å². The summed E-state index contributed by atoms with van der Waals surface area (Å²) in [7, 11) is 1.70. The van der Waals surface area contributed by atoms with E-state index in [0.717, 1.165) is 93.7 Å². The van der Waals surface area contributed by atoms with E-state index >= 15 is 0 Å². The number of nitrogens with one attached hydrogen (secondary N) is 2. The standard InChI is InChI=1S/C34H42F3N9OS/c1-21-23(3-4-29-27(21)16-25(19-38)46(29)14-13-44-9-5-22(6-10-44)15-30(39)47)20-45-11-7-24(8-12-45)41-31-28-17-26(18-34(35,36)37)48-32(28)43-33(40-2)42-31/h3-4,16-17,22,24H,5-15,18,20H2,1-2H3,(H2,39,47)(H2,40,41,42,43). The number of anilines is 2. The second kappa shape index (κ2) is 14.3. The Kier molecular flexibility index (Phi) is 10.1. The molecule has 2 fully saturated rings. The molecule has 256 valence electrons. The first-order valence-electron chi connectivity index (χ1n) is 16.6. The van der Waals surface area contributed by atoms with Gasteiger partial charge >= 0.3 is 6.18 Å². The van der Waals surface area contributed by atoms with Gasteiger partial charge in [-0.25, -0.2) is 4.98 Å². The summed E-state index contributed by atoms with van der Waals surface area (Å²) in [5, 5.41) is 18.1. The van der Waals surface area contributed by atoms with Crippen molar-refractivity contribution in [2.75, 3.05) is 50.4 Å². The largest absolute Gasteiger partial charge is 0.393 e. The summed E-state index contributed by atoms with van der Waals surface area (Å²) in [5.74, 6) is 1.09. The zero-order valence-corrected chi connectivity index (χ0v) is 28.2. The number of thiophene rings is 1. The van der Waals surface area contributed by atoms with Crippen LogP contribution in [0.15, 0.2) is 24.3 Å². The fourth-order valence-corrected chi connectivity index (χ4v) is 8.17. The average Bonchev–Trinajstić information content (AvgIpc) is 3.62. The Morgan fingerprint density at radius 3 is 2.46 bits per heavy atom. The SMILES string of the molecule is CNc1nc(NC2CCN(Cc3ccc4c(cc(C#N)n4CCN4CCC(CC(N)=O)CC4)c3C)CC2)c2cc(CC(F)(F)F)sc2n1. The molecule has 0 unspecified atom stereocenters. The van der Waals surface area contributed by atoms with Gasteiger partial charge in [0.05, 0.1) is 11.8 Å². The fraction of sp³-hybridized carbons (Fsp3) is 0.529. The lowest BCUT2D eigenvalue weighted by Gasteiger charge is -2.33. The third-order valence-corrected chi connectivity index (χ3v) is 10.8. The molecule has 14 heteroatoms. The number of nitrogens with zero attached hydrogens (tertiary/aromatic N) is 6. The van der Waals surface area contributed by atoms with E-state index in [0.29, 0.717) is 40.0 Å². The van der Waals surface area contributed by atoms with E-state index in [1.807, 2.05) is 6.07 Å². The van der Waals surface area contributed by atoms with Crippen LogP contribution in [-0.4, -0.2) is 82.2 Å². The number of rotatable bonds is 11. The van der Waals surface area contributed by atoms with Crippen LogP contribution in [0, 0.1) is 24.2 Å². The Labute approximate surface area is 282 Å². The average molecular weight is 682 g/mol. The van der Waals surface area contributed by atoms with E-state index < -0.39 is 12.6 Å². The van der Waals surface area contributed by atoms with Gasteiger partial charge in [0.1, 0.15) is 22.4 Å². The first-order valence-corrected chi connectivity index (χ1v) is 17.4. The summed E-state index contributed by atoms with van der Waals surface area (Å²) >= 11 is 1.05. The van der Waals surface area contributed by atoms with Crippen molar-refractivity contribution in [1.29, 1.82) is 5.26 Å². The Morgan fingerprint density at radius 1 is 1.06 bits per heavy atom. The maximum atomic E-state index is 13.1. The number of piperidine rings is 2. The highest BCUT2D eigenvalue weighted by Gasteiger charge is 2.30. The minimum Gasteiger partial charge on any atom is -0.370 e. The van der Waals surface area contributed by atoms with Crippen molar-refractivity contribution in [2.24, 2.45) is 11.7 Å². The minimum atomic E-state index is -4.28. The number of likely N-dealkylation sites (tertiary alicyclic amines) is 2. The molecule has 0 radical (unpaired) electrons. The number of carbonyl (C=O) groups excluding carboxylic acids is 1. The molecule has 0 aliphatic carbocycles. The summed E-state index contributed by atoms with van der Waals surface area (Å²) in [6.07, 6.45) is -1.11. The van der Waals surface area contributed by atoms with Crippen molar-refractivity contribution < 1.29 is 18.0 Å². The number of nitrogens with two attached hydrogens (primary N) is 1. The van der Waals surface area contributed by atoms with Crippen LogP contribution in [0.25, 0.3) is 21.1 Å². The van der Waals surface area contributed by atoms with Crippen LogP contribution in [0.3, 0.4) is 0 Å². The molecule has 6 rings (SSSR count). The lowest BCUT2D eigenvalue weighted by molar-refractivity contribution is -0.126. The van der Waals surface area contributed by atoms with E-state index in [1.165, 1.54) is 11.1 Å². The zero-order valence-electron chi connectivity index (χ0n) is 27.4. The fourth-order valence-electron chi connectivity index (χ4n) is 7.11. The molecule has 10 nitrogen and oxygen atoms in total. The van der Waals surface area contributed by atoms with Crippen LogP contribution in [0.5, 0.6) is 0 Å². The molecule has 0 bridgehead atoms. The number of amides is 1. The molecule has 48 heavy (non-hydrogen) atoms. The number of primary amides is 1. The number of halogens is 3. The van der Waals surface area contributed by atoms with Gasteiger partial charge in [0.15, 0.2) is 0 Å². The van der Waals surface area contributed by atoms with Crippen molar-refractivity contribution in [1.82, 2.24) is 24.3 Å². The number of fused-ring (bicyclic) bond motifs is 2. The highest BCUT2D eigenvalue weighted by atomic mass is 32.1. The highest BCUT2D eigenvalue weighted by Crippen LogP contribution is 2.35. The molecule has 0 atom stereocenters. The molecule has 0 saturated carbocycles. The molecule has 5 heterocycles. The smallest absolute Gasteiger partial charge is 0.370 e. The molecule has 1 amide bonds. The molecule has 2 aliphatic heterocycles. The van der Waals surface area contributed by atoms with Gasteiger partial charge in [-0.2, -0.15) is 23.4 Å². The quantitative estimate of drug-likeness (QED) is 0.186. The van der Waals surface area contributed by atoms with Gasteiger partial charge in [-0.05, 0) is 80.9 Å².